The molecule has 4 aromatic rings. The van der Waals surface area contributed by atoms with E-state index < -0.39 is 0 Å². The van der Waals surface area contributed by atoms with Gasteiger partial charge in [-0.3, -0.25) is 4.79 Å². The van der Waals surface area contributed by atoms with Crippen molar-refractivity contribution in [1.82, 2.24) is 4.98 Å². The van der Waals surface area contributed by atoms with Crippen LogP contribution < -0.4 is 9.75 Å². The van der Waals surface area contributed by atoms with Gasteiger partial charge in [-0.15, -0.1) is 0 Å². The van der Waals surface area contributed by atoms with Crippen molar-refractivity contribution in [3.05, 3.63) is 71.8 Å². The molecule has 3 aromatic carbocycles. The number of thiazole rings is 1. The van der Waals surface area contributed by atoms with Crippen LogP contribution in [0.5, 0.6) is 5.75 Å². The monoisotopic (exact) mass is 413 g/mol. The highest BCUT2D eigenvalue weighted by Crippen LogP contribution is 2.35. The Morgan fingerprint density at radius 3 is 2.70 bits per heavy atom. The second-order valence-corrected chi connectivity index (χ2v) is 7.97. The number of benzene rings is 3. The van der Waals surface area contributed by atoms with Gasteiger partial charge in [0, 0.05) is 5.56 Å². The van der Waals surface area contributed by atoms with Crippen LogP contribution in [0.4, 0.5) is 5.13 Å². The zero-order valence-corrected chi connectivity index (χ0v) is 17.4. The van der Waals surface area contributed by atoms with E-state index in [0.717, 1.165) is 32.3 Å². The maximum absolute atomic E-state index is 13.3. The second-order valence-electron chi connectivity index (χ2n) is 6.96. The summed E-state index contributed by atoms with van der Waals surface area (Å²) < 4.78 is 6.88. The number of ether oxygens (including phenoxy) is 1. The molecule has 0 unspecified atom stereocenters. The summed E-state index contributed by atoms with van der Waals surface area (Å²) in [6.45, 7) is 4.35. The van der Waals surface area contributed by atoms with Crippen LogP contribution in [-0.4, -0.2) is 23.2 Å². The molecular weight excluding hydrogens is 394 g/mol. The first-order valence-corrected chi connectivity index (χ1v) is 10.6. The van der Waals surface area contributed by atoms with Gasteiger partial charge in [-0.05, 0) is 48.9 Å². The summed E-state index contributed by atoms with van der Waals surface area (Å²) in [5, 5.41) is 8.61. The molecule has 5 rings (SSSR count). The van der Waals surface area contributed by atoms with E-state index >= 15 is 0 Å². The van der Waals surface area contributed by atoms with Crippen molar-refractivity contribution in [2.75, 3.05) is 11.6 Å². The van der Waals surface area contributed by atoms with Gasteiger partial charge in [0.2, 0.25) is 5.13 Å². The van der Waals surface area contributed by atoms with Crippen LogP contribution in [0.1, 0.15) is 19.4 Å². The minimum absolute atomic E-state index is 0.179. The number of aromatic nitrogens is 1. The molecule has 0 saturated heterocycles. The largest absolute Gasteiger partial charge is 0.493 e. The lowest BCUT2D eigenvalue weighted by Crippen LogP contribution is -2.21. The Morgan fingerprint density at radius 1 is 1.07 bits per heavy atom. The lowest BCUT2D eigenvalue weighted by molar-refractivity contribution is -0.114. The molecule has 1 aliphatic rings. The molecule has 148 valence electrons. The molecule has 1 aromatic heterocycles. The van der Waals surface area contributed by atoms with E-state index in [2.05, 4.69) is 16.2 Å². The summed E-state index contributed by atoms with van der Waals surface area (Å²) in [6.07, 6.45) is 1.89. The third-order valence-electron chi connectivity index (χ3n) is 5.05. The van der Waals surface area contributed by atoms with Crippen LogP contribution in [0.3, 0.4) is 0 Å². The summed E-state index contributed by atoms with van der Waals surface area (Å²) in [6, 6.07) is 19.9. The van der Waals surface area contributed by atoms with Crippen molar-refractivity contribution in [2.24, 2.45) is 5.10 Å². The number of carbonyl (C=O) groups is 1. The number of hydrogen-bond donors (Lipinski definition) is 0. The molecule has 0 saturated carbocycles. The highest BCUT2D eigenvalue weighted by Gasteiger charge is 2.31. The van der Waals surface area contributed by atoms with Crippen LogP contribution in [0.25, 0.3) is 27.1 Å². The first-order chi connectivity index (χ1) is 14.7. The summed E-state index contributed by atoms with van der Waals surface area (Å²) in [4.78, 5) is 17.9. The zero-order valence-electron chi connectivity index (χ0n) is 16.6. The summed E-state index contributed by atoms with van der Waals surface area (Å²) in [5.74, 6) is 0.574. The molecule has 0 bridgehead atoms. The van der Waals surface area contributed by atoms with E-state index in [-0.39, 0.29) is 5.91 Å². The predicted octanol–water partition coefficient (Wildman–Crippen LogP) is 5.65. The van der Waals surface area contributed by atoms with Gasteiger partial charge in [-0.1, -0.05) is 53.8 Å². The maximum atomic E-state index is 13.3. The average molecular weight is 414 g/mol. The van der Waals surface area contributed by atoms with Gasteiger partial charge in [0.15, 0.2) is 0 Å². The fourth-order valence-corrected chi connectivity index (χ4v) is 4.53. The van der Waals surface area contributed by atoms with Gasteiger partial charge in [-0.2, -0.15) is 10.1 Å². The molecule has 1 aliphatic heterocycles. The van der Waals surface area contributed by atoms with Crippen molar-refractivity contribution in [2.45, 2.75) is 13.8 Å². The number of carbonyl (C=O) groups excluding carboxylic acids is 1. The molecular formula is C24H19N3O2S. The highest BCUT2D eigenvalue weighted by atomic mass is 32.1. The van der Waals surface area contributed by atoms with Crippen LogP contribution in [-0.2, 0) is 4.79 Å². The van der Waals surface area contributed by atoms with Gasteiger partial charge < -0.3 is 4.74 Å². The Morgan fingerprint density at radius 2 is 1.87 bits per heavy atom. The van der Waals surface area contributed by atoms with Crippen LogP contribution in [0, 0.1) is 0 Å². The number of hydrogen-bond acceptors (Lipinski definition) is 5. The van der Waals surface area contributed by atoms with Crippen LogP contribution >= 0.6 is 11.3 Å². The molecule has 2 heterocycles. The SMILES string of the molecule is CCOc1ccc2ccccc2c1C=C1C(=O)N(c2nc3ccccc3s2)N=C1C. The Labute approximate surface area is 177 Å². The smallest absolute Gasteiger partial charge is 0.282 e. The highest BCUT2D eigenvalue weighted by molar-refractivity contribution is 7.22. The Kier molecular flexibility index (Phi) is 4.56. The number of nitrogens with zero attached hydrogens (tertiary/aromatic N) is 3. The fraction of sp³-hybridized carbons (Fsp3) is 0.125. The van der Waals surface area contributed by atoms with Crippen molar-refractivity contribution in [3.8, 4) is 5.75 Å². The number of para-hydroxylation sites is 1. The normalized spacial score (nSPS) is 15.4. The first kappa shape index (κ1) is 18.5. The van der Waals surface area contributed by atoms with Gasteiger partial charge in [0.25, 0.3) is 5.91 Å². The van der Waals surface area contributed by atoms with Gasteiger partial charge in [0.1, 0.15) is 5.75 Å². The van der Waals surface area contributed by atoms with Gasteiger partial charge in [0.05, 0.1) is 28.1 Å². The minimum Gasteiger partial charge on any atom is -0.493 e. The number of rotatable bonds is 4. The third kappa shape index (κ3) is 3.06. The molecule has 30 heavy (non-hydrogen) atoms. The van der Waals surface area contributed by atoms with Gasteiger partial charge in [-0.25, -0.2) is 4.98 Å². The van der Waals surface area contributed by atoms with E-state index in [9.17, 15) is 4.79 Å². The Bertz CT molecular complexity index is 1320. The lowest BCUT2D eigenvalue weighted by atomic mass is 10.00. The zero-order chi connectivity index (χ0) is 20.7. The number of hydrazone groups is 1. The molecule has 0 spiro atoms. The lowest BCUT2D eigenvalue weighted by Gasteiger charge is -2.12. The topological polar surface area (TPSA) is 54.8 Å². The average Bonchev–Trinajstić information content (AvgIpc) is 3.31. The number of amides is 1. The summed E-state index contributed by atoms with van der Waals surface area (Å²) in [5.41, 5.74) is 2.96. The maximum Gasteiger partial charge on any atom is 0.282 e. The quantitative estimate of drug-likeness (QED) is 0.406. The van der Waals surface area contributed by atoms with Crippen molar-refractivity contribution in [1.29, 1.82) is 0 Å². The van der Waals surface area contributed by atoms with E-state index in [1.165, 1.54) is 16.3 Å². The number of fused-ring (bicyclic) bond motifs is 2. The van der Waals surface area contributed by atoms with Crippen molar-refractivity contribution >= 4 is 55.2 Å². The van der Waals surface area contributed by atoms with E-state index in [1.807, 2.05) is 74.5 Å². The van der Waals surface area contributed by atoms with Gasteiger partial charge >= 0.3 is 0 Å². The minimum atomic E-state index is -0.179. The summed E-state index contributed by atoms with van der Waals surface area (Å²) >= 11 is 1.46. The fourth-order valence-electron chi connectivity index (χ4n) is 3.61. The Hall–Kier alpha value is -3.51. The molecule has 5 nitrogen and oxygen atoms in total. The van der Waals surface area contributed by atoms with E-state index in [0.29, 0.717) is 23.0 Å². The standard InChI is InChI=1S/C24H19N3O2S/c1-3-29-21-13-12-16-8-4-5-9-17(16)19(21)14-18-15(2)26-27(23(18)28)24-25-20-10-6-7-11-22(20)30-24/h4-14H,3H2,1-2H3. The second kappa shape index (κ2) is 7.39. The molecule has 0 radical (unpaired) electrons. The summed E-state index contributed by atoms with van der Waals surface area (Å²) in [7, 11) is 0. The third-order valence-corrected chi connectivity index (χ3v) is 6.06. The predicted molar refractivity (Wildman–Crippen MR) is 123 cm³/mol. The van der Waals surface area contributed by atoms with Crippen molar-refractivity contribution < 1.29 is 9.53 Å². The molecule has 0 fully saturated rings. The van der Waals surface area contributed by atoms with E-state index in [4.69, 9.17) is 4.74 Å². The molecule has 1 amide bonds. The number of anilines is 1. The van der Waals surface area contributed by atoms with Crippen LogP contribution in [0.2, 0.25) is 0 Å². The van der Waals surface area contributed by atoms with Crippen LogP contribution in [0.15, 0.2) is 71.3 Å². The molecule has 0 atom stereocenters. The van der Waals surface area contributed by atoms with E-state index in [1.54, 1.807) is 0 Å². The molecule has 0 aliphatic carbocycles. The van der Waals surface area contributed by atoms with Crippen molar-refractivity contribution in [3.63, 3.8) is 0 Å². The molecule has 6 heteroatoms. The molecule has 0 N–H and O–H groups in total. The first-order valence-electron chi connectivity index (χ1n) is 9.77. The Balaban J connectivity index is 1.60.